The third kappa shape index (κ3) is 12.1. The molecule has 0 aromatic heterocycles. The largest absolute Gasteiger partial charge is 0.480 e. The summed E-state index contributed by atoms with van der Waals surface area (Å²) in [5.41, 5.74) is 5.52. The van der Waals surface area contributed by atoms with Crippen LogP contribution in [0.2, 0.25) is 0 Å². The van der Waals surface area contributed by atoms with E-state index in [2.05, 4.69) is 6.92 Å². The van der Waals surface area contributed by atoms with Crippen molar-refractivity contribution in [3.63, 3.8) is 0 Å². The van der Waals surface area contributed by atoms with Crippen LogP contribution in [0.15, 0.2) is 0 Å². The average molecular weight is 385 g/mol. The normalized spacial score (nSPS) is 13.3. The molecule has 27 heavy (non-hydrogen) atoms. The highest BCUT2D eigenvalue weighted by Crippen LogP contribution is 2.18. The highest BCUT2D eigenvalue weighted by atomic mass is 16.4. The number of carboxylic acids is 1. The number of carbonyl (C=O) groups excluding carboxylic acids is 1. The zero-order chi connectivity index (χ0) is 20.5. The average Bonchev–Trinajstić information content (AvgIpc) is 2.65. The zero-order valence-corrected chi connectivity index (χ0v) is 18.0. The second kappa shape index (κ2) is 17.0. The van der Waals surface area contributed by atoms with E-state index in [0.29, 0.717) is 19.4 Å². The smallest absolute Gasteiger partial charge is 0.326 e. The highest BCUT2D eigenvalue weighted by molar-refractivity contribution is 5.83. The quantitative estimate of drug-likeness (QED) is 0.321. The van der Waals surface area contributed by atoms with Crippen molar-refractivity contribution in [3.8, 4) is 0 Å². The molecule has 0 aliphatic carbocycles. The van der Waals surface area contributed by atoms with E-state index in [1.807, 2.05) is 13.8 Å². The summed E-state index contributed by atoms with van der Waals surface area (Å²) in [5.74, 6) is -0.903. The molecule has 0 heterocycles. The first-order chi connectivity index (χ1) is 13.0. The molecule has 5 heteroatoms. The van der Waals surface area contributed by atoms with E-state index in [4.69, 9.17) is 5.73 Å². The number of nitrogens with two attached hydrogens (primary N) is 1. The maximum atomic E-state index is 12.8. The van der Waals surface area contributed by atoms with E-state index in [1.165, 1.54) is 44.9 Å². The Morgan fingerprint density at radius 3 is 1.93 bits per heavy atom. The Morgan fingerprint density at radius 2 is 1.44 bits per heavy atom. The van der Waals surface area contributed by atoms with Gasteiger partial charge in [0, 0.05) is 12.5 Å². The van der Waals surface area contributed by atoms with Crippen molar-refractivity contribution in [2.45, 2.75) is 123 Å². The van der Waals surface area contributed by atoms with E-state index in [1.54, 1.807) is 4.90 Å². The van der Waals surface area contributed by atoms with Crippen molar-refractivity contribution < 1.29 is 14.7 Å². The fraction of sp³-hybridized carbons (Fsp3) is 0.909. The van der Waals surface area contributed by atoms with Crippen molar-refractivity contribution in [1.29, 1.82) is 0 Å². The van der Waals surface area contributed by atoms with E-state index >= 15 is 0 Å². The number of nitrogens with zero attached hydrogens (tertiary/aromatic N) is 1. The molecular weight excluding hydrogens is 340 g/mol. The zero-order valence-electron chi connectivity index (χ0n) is 18.0. The van der Waals surface area contributed by atoms with Gasteiger partial charge in [-0.1, -0.05) is 65.2 Å². The van der Waals surface area contributed by atoms with Crippen molar-refractivity contribution in [2.75, 3.05) is 6.54 Å². The van der Waals surface area contributed by atoms with E-state index < -0.39 is 12.0 Å². The topological polar surface area (TPSA) is 83.6 Å². The lowest BCUT2D eigenvalue weighted by molar-refractivity contribution is -0.152. The van der Waals surface area contributed by atoms with Gasteiger partial charge in [0.15, 0.2) is 0 Å². The third-order valence-electron chi connectivity index (χ3n) is 5.40. The van der Waals surface area contributed by atoms with E-state index in [0.717, 1.165) is 32.1 Å². The Bertz CT molecular complexity index is 388. The fourth-order valence-electron chi connectivity index (χ4n) is 3.50. The number of amides is 1. The van der Waals surface area contributed by atoms with Crippen molar-refractivity contribution in [1.82, 2.24) is 4.90 Å². The van der Waals surface area contributed by atoms with Crippen molar-refractivity contribution in [2.24, 2.45) is 5.73 Å². The molecule has 0 aliphatic rings. The van der Waals surface area contributed by atoms with Gasteiger partial charge in [0.2, 0.25) is 5.91 Å². The standard InChI is InChI=1S/C22H44N2O3/c1-4-6-7-8-9-10-11-12-13-17-21(25)24(19(3)5-2)20(22(26)27)16-14-15-18-23/h19-20H,4-18,23H2,1-3H3,(H,26,27)/t19?,20-/m0/s1. The number of aliphatic carboxylic acids is 1. The summed E-state index contributed by atoms with van der Waals surface area (Å²) in [7, 11) is 0. The molecule has 0 aromatic carbocycles. The lowest BCUT2D eigenvalue weighted by atomic mass is 10.0. The highest BCUT2D eigenvalue weighted by Gasteiger charge is 2.31. The number of rotatable bonds is 18. The first-order valence-corrected chi connectivity index (χ1v) is 11.2. The number of hydrogen-bond donors (Lipinski definition) is 2. The first-order valence-electron chi connectivity index (χ1n) is 11.2. The Morgan fingerprint density at radius 1 is 0.889 bits per heavy atom. The summed E-state index contributed by atoms with van der Waals surface area (Å²) in [6.45, 7) is 6.74. The minimum atomic E-state index is -0.896. The molecule has 0 aliphatic heterocycles. The van der Waals surface area contributed by atoms with Gasteiger partial charge in [0.25, 0.3) is 0 Å². The van der Waals surface area contributed by atoms with Crippen LogP contribution in [0.5, 0.6) is 0 Å². The van der Waals surface area contributed by atoms with Gasteiger partial charge in [-0.05, 0) is 45.6 Å². The van der Waals surface area contributed by atoms with Crippen LogP contribution in [-0.4, -0.2) is 40.5 Å². The molecule has 0 saturated heterocycles. The molecule has 0 saturated carbocycles. The van der Waals surface area contributed by atoms with E-state index in [9.17, 15) is 14.7 Å². The second-order valence-corrected chi connectivity index (χ2v) is 7.78. The Labute approximate surface area is 167 Å². The van der Waals surface area contributed by atoms with Crippen LogP contribution in [0.1, 0.15) is 111 Å². The molecule has 1 unspecified atom stereocenters. The summed E-state index contributed by atoms with van der Waals surface area (Å²) in [6, 6.07) is -0.771. The summed E-state index contributed by atoms with van der Waals surface area (Å²) < 4.78 is 0. The second-order valence-electron chi connectivity index (χ2n) is 7.78. The van der Waals surface area contributed by atoms with Crippen LogP contribution < -0.4 is 5.73 Å². The lowest BCUT2D eigenvalue weighted by Gasteiger charge is -2.34. The Balaban J connectivity index is 4.38. The van der Waals surface area contributed by atoms with Crippen LogP contribution in [0.25, 0.3) is 0 Å². The van der Waals surface area contributed by atoms with Crippen molar-refractivity contribution >= 4 is 11.9 Å². The monoisotopic (exact) mass is 384 g/mol. The van der Waals surface area contributed by atoms with Gasteiger partial charge < -0.3 is 15.7 Å². The number of carbonyl (C=O) groups is 2. The van der Waals surface area contributed by atoms with Crippen LogP contribution >= 0.6 is 0 Å². The first kappa shape index (κ1) is 25.9. The number of unbranched alkanes of at least 4 members (excludes halogenated alkanes) is 9. The maximum absolute atomic E-state index is 12.8. The maximum Gasteiger partial charge on any atom is 0.326 e. The Hall–Kier alpha value is -1.10. The molecule has 5 nitrogen and oxygen atoms in total. The van der Waals surface area contributed by atoms with E-state index in [-0.39, 0.29) is 11.9 Å². The number of carboxylic acid groups (broad SMARTS) is 1. The minimum Gasteiger partial charge on any atom is -0.480 e. The molecule has 160 valence electrons. The molecule has 2 atom stereocenters. The molecule has 0 fully saturated rings. The van der Waals surface area contributed by atoms with Gasteiger partial charge in [0.1, 0.15) is 6.04 Å². The predicted octanol–water partition coefficient (Wildman–Crippen LogP) is 5.12. The van der Waals surface area contributed by atoms with Gasteiger partial charge in [-0.25, -0.2) is 4.79 Å². The van der Waals surface area contributed by atoms with Crippen LogP contribution in [0.3, 0.4) is 0 Å². The number of hydrogen-bond acceptors (Lipinski definition) is 3. The Kier molecular flexibility index (Phi) is 16.3. The van der Waals surface area contributed by atoms with Crippen LogP contribution in [0, 0.1) is 0 Å². The summed E-state index contributed by atoms with van der Waals surface area (Å²) >= 11 is 0. The van der Waals surface area contributed by atoms with Crippen LogP contribution in [0.4, 0.5) is 0 Å². The van der Waals surface area contributed by atoms with Gasteiger partial charge >= 0.3 is 5.97 Å². The summed E-state index contributed by atoms with van der Waals surface area (Å²) in [6.07, 6.45) is 14.1. The molecule has 1 amide bonds. The molecule has 0 spiro atoms. The van der Waals surface area contributed by atoms with Crippen molar-refractivity contribution in [3.05, 3.63) is 0 Å². The molecule has 3 N–H and O–H groups in total. The van der Waals surface area contributed by atoms with Gasteiger partial charge in [-0.2, -0.15) is 0 Å². The fourth-order valence-corrected chi connectivity index (χ4v) is 3.50. The molecule has 0 bridgehead atoms. The minimum absolute atomic E-state index is 0.00700. The molecular formula is C22H44N2O3. The predicted molar refractivity (Wildman–Crippen MR) is 113 cm³/mol. The SMILES string of the molecule is CCCCCCCCCCCC(=O)N(C(C)CC)[C@@H](CCCCN)C(=O)O. The van der Waals surface area contributed by atoms with Gasteiger partial charge in [0.05, 0.1) is 0 Å². The molecule has 0 radical (unpaired) electrons. The third-order valence-corrected chi connectivity index (χ3v) is 5.40. The van der Waals surface area contributed by atoms with Gasteiger partial charge in [-0.15, -0.1) is 0 Å². The van der Waals surface area contributed by atoms with Crippen LogP contribution in [-0.2, 0) is 9.59 Å². The summed E-state index contributed by atoms with van der Waals surface area (Å²) in [5, 5.41) is 9.64. The lowest BCUT2D eigenvalue weighted by Crippen LogP contribution is -2.49. The summed E-state index contributed by atoms with van der Waals surface area (Å²) in [4.78, 5) is 26.2. The molecule has 0 rings (SSSR count). The molecule has 0 aromatic rings. The van der Waals surface area contributed by atoms with Gasteiger partial charge in [-0.3, -0.25) is 4.79 Å².